The summed E-state index contributed by atoms with van der Waals surface area (Å²) >= 11 is 0. The second-order valence-corrected chi connectivity index (χ2v) is 1.74. The molecule has 70 valence electrons. The van der Waals surface area contributed by atoms with Gasteiger partial charge in [0.15, 0.2) is 5.69 Å². The van der Waals surface area contributed by atoms with Crippen LogP contribution in [0.2, 0.25) is 0 Å². The molecule has 0 saturated heterocycles. The lowest BCUT2D eigenvalue weighted by Gasteiger charge is -1.90. The van der Waals surface area contributed by atoms with E-state index in [1.807, 2.05) is 0 Å². The van der Waals surface area contributed by atoms with Gasteiger partial charge in [0, 0.05) is 6.54 Å². The Balaban J connectivity index is 0. The number of halogens is 2. The first-order valence-corrected chi connectivity index (χ1v) is 2.71. The minimum Gasteiger partial charge on any atom is -0.476 e. The number of nitrogens with one attached hydrogen (secondary N) is 1. The van der Waals surface area contributed by atoms with Crippen molar-refractivity contribution in [2.24, 2.45) is 5.73 Å². The van der Waals surface area contributed by atoms with Gasteiger partial charge in [0.2, 0.25) is 0 Å². The van der Waals surface area contributed by atoms with E-state index < -0.39 is 5.97 Å². The van der Waals surface area contributed by atoms with Crippen molar-refractivity contribution in [3.63, 3.8) is 0 Å². The molecule has 0 unspecified atom stereocenters. The number of imidazole rings is 1. The Bertz CT molecular complexity index is 251. The Kier molecular flexibility index (Phi) is 6.68. The fourth-order valence-corrected chi connectivity index (χ4v) is 0.661. The number of rotatable bonds is 2. The molecule has 0 aliphatic carbocycles. The second-order valence-electron chi connectivity index (χ2n) is 1.74. The van der Waals surface area contributed by atoms with Gasteiger partial charge in [0.1, 0.15) is 0 Å². The van der Waals surface area contributed by atoms with Crippen molar-refractivity contribution in [3.8, 4) is 0 Å². The molecule has 0 spiro atoms. The molecule has 1 heterocycles. The summed E-state index contributed by atoms with van der Waals surface area (Å²) in [4.78, 5) is 16.5. The number of carbonyl (C=O) groups is 1. The van der Waals surface area contributed by atoms with Crippen LogP contribution in [0.5, 0.6) is 0 Å². The molecule has 0 radical (unpaired) electrons. The molecular weight excluding hydrogens is 205 g/mol. The summed E-state index contributed by atoms with van der Waals surface area (Å²) in [6.45, 7) is 0.168. The fraction of sp³-hybridized carbons (Fsp3) is 0.200. The summed E-state index contributed by atoms with van der Waals surface area (Å²) in [7, 11) is 0. The molecule has 7 heteroatoms. The largest absolute Gasteiger partial charge is 0.476 e. The van der Waals surface area contributed by atoms with Gasteiger partial charge in [-0.1, -0.05) is 0 Å². The van der Waals surface area contributed by atoms with Crippen LogP contribution in [0.25, 0.3) is 0 Å². The van der Waals surface area contributed by atoms with Gasteiger partial charge in [-0.25, -0.2) is 9.78 Å². The van der Waals surface area contributed by atoms with Crippen molar-refractivity contribution >= 4 is 30.8 Å². The third kappa shape index (κ3) is 2.69. The van der Waals surface area contributed by atoms with Crippen LogP contribution in [-0.2, 0) is 6.54 Å². The smallest absolute Gasteiger partial charge is 0.356 e. The maximum Gasteiger partial charge on any atom is 0.356 e. The Hall–Kier alpha value is -0.780. The van der Waals surface area contributed by atoms with E-state index in [2.05, 4.69) is 9.97 Å². The van der Waals surface area contributed by atoms with Crippen molar-refractivity contribution in [3.05, 3.63) is 17.7 Å². The van der Waals surface area contributed by atoms with Gasteiger partial charge in [-0.15, -0.1) is 24.8 Å². The van der Waals surface area contributed by atoms with Crippen LogP contribution in [0.15, 0.2) is 6.33 Å². The summed E-state index contributed by atoms with van der Waals surface area (Å²) in [5, 5.41) is 8.45. The Morgan fingerprint density at radius 1 is 1.67 bits per heavy atom. The molecule has 0 aliphatic rings. The number of hydrogen-bond donors (Lipinski definition) is 3. The number of nitrogens with zero attached hydrogens (tertiary/aromatic N) is 1. The lowest BCUT2D eigenvalue weighted by Crippen LogP contribution is -2.06. The quantitative estimate of drug-likeness (QED) is 0.664. The average molecular weight is 214 g/mol. The SMILES string of the molecule is Cl.Cl.NCc1[nH]cnc1C(=O)O. The van der Waals surface area contributed by atoms with E-state index in [4.69, 9.17) is 10.8 Å². The van der Waals surface area contributed by atoms with E-state index in [0.717, 1.165) is 0 Å². The summed E-state index contributed by atoms with van der Waals surface area (Å²) in [6, 6.07) is 0. The van der Waals surface area contributed by atoms with E-state index in [9.17, 15) is 4.79 Å². The monoisotopic (exact) mass is 213 g/mol. The van der Waals surface area contributed by atoms with Gasteiger partial charge in [-0.2, -0.15) is 0 Å². The summed E-state index contributed by atoms with van der Waals surface area (Å²) in [5.74, 6) is -1.05. The zero-order valence-electron chi connectivity index (χ0n) is 5.98. The Morgan fingerprint density at radius 2 is 2.25 bits per heavy atom. The number of aromatic carboxylic acids is 1. The molecule has 12 heavy (non-hydrogen) atoms. The lowest BCUT2D eigenvalue weighted by molar-refractivity contribution is 0.0690. The van der Waals surface area contributed by atoms with Crippen LogP contribution < -0.4 is 5.73 Å². The normalized spacial score (nSPS) is 8.08. The highest BCUT2D eigenvalue weighted by Crippen LogP contribution is 1.99. The molecular formula is C5H9Cl2N3O2. The minimum absolute atomic E-state index is 0. The molecule has 5 nitrogen and oxygen atoms in total. The summed E-state index contributed by atoms with van der Waals surface area (Å²) < 4.78 is 0. The van der Waals surface area contributed by atoms with Gasteiger partial charge in [0.25, 0.3) is 0 Å². The number of hydrogen-bond acceptors (Lipinski definition) is 3. The van der Waals surface area contributed by atoms with E-state index in [1.165, 1.54) is 6.33 Å². The van der Waals surface area contributed by atoms with Crippen molar-refractivity contribution in [1.82, 2.24) is 9.97 Å². The molecule has 0 aromatic carbocycles. The highest BCUT2D eigenvalue weighted by atomic mass is 35.5. The van der Waals surface area contributed by atoms with Gasteiger partial charge < -0.3 is 15.8 Å². The van der Waals surface area contributed by atoms with E-state index in [-0.39, 0.29) is 37.1 Å². The summed E-state index contributed by atoms with van der Waals surface area (Å²) in [5.41, 5.74) is 5.65. The number of H-pyrrole nitrogens is 1. The average Bonchev–Trinajstić information content (AvgIpc) is 2.33. The van der Waals surface area contributed by atoms with Crippen molar-refractivity contribution in [1.29, 1.82) is 0 Å². The molecule has 0 fully saturated rings. The Labute approximate surface area is 81.2 Å². The third-order valence-corrected chi connectivity index (χ3v) is 1.12. The van der Waals surface area contributed by atoms with Gasteiger partial charge in [-0.05, 0) is 0 Å². The zero-order chi connectivity index (χ0) is 7.56. The molecule has 1 aromatic heterocycles. The van der Waals surface area contributed by atoms with E-state index in [0.29, 0.717) is 5.69 Å². The third-order valence-electron chi connectivity index (χ3n) is 1.12. The number of carboxylic acids is 1. The number of carboxylic acid groups (broad SMARTS) is 1. The van der Waals surface area contributed by atoms with E-state index >= 15 is 0 Å². The van der Waals surface area contributed by atoms with Gasteiger partial charge >= 0.3 is 5.97 Å². The Morgan fingerprint density at radius 3 is 2.58 bits per heavy atom. The molecule has 0 saturated carbocycles. The fourth-order valence-electron chi connectivity index (χ4n) is 0.661. The van der Waals surface area contributed by atoms with Crippen LogP contribution >= 0.6 is 24.8 Å². The first kappa shape index (κ1) is 13.8. The molecule has 0 bridgehead atoms. The topological polar surface area (TPSA) is 92.0 Å². The molecule has 1 aromatic rings. The van der Waals surface area contributed by atoms with E-state index in [1.54, 1.807) is 0 Å². The van der Waals surface area contributed by atoms with Crippen LogP contribution in [0.4, 0.5) is 0 Å². The predicted octanol–water partition coefficient (Wildman–Crippen LogP) is 0.410. The lowest BCUT2D eigenvalue weighted by atomic mass is 10.3. The van der Waals surface area contributed by atoms with Crippen LogP contribution in [-0.4, -0.2) is 21.0 Å². The molecule has 1 rings (SSSR count). The minimum atomic E-state index is -1.05. The maximum atomic E-state index is 10.3. The maximum absolute atomic E-state index is 10.3. The first-order chi connectivity index (χ1) is 4.75. The van der Waals surface area contributed by atoms with Crippen molar-refractivity contribution < 1.29 is 9.90 Å². The highest BCUT2D eigenvalue weighted by Gasteiger charge is 2.10. The molecule has 0 aliphatic heterocycles. The standard InChI is InChI=1S/C5H7N3O2.2ClH/c6-1-3-4(5(9)10)8-2-7-3;;/h2H,1,6H2,(H,7,8)(H,9,10);2*1H. The predicted molar refractivity (Wildman–Crippen MR) is 47.9 cm³/mol. The molecule has 0 amide bonds. The molecule has 0 atom stereocenters. The second kappa shape index (κ2) is 5.82. The van der Waals surface area contributed by atoms with Crippen LogP contribution in [0.3, 0.4) is 0 Å². The number of nitrogens with two attached hydrogens (primary N) is 1. The van der Waals surface area contributed by atoms with Crippen LogP contribution in [0.1, 0.15) is 16.2 Å². The van der Waals surface area contributed by atoms with Gasteiger partial charge in [0.05, 0.1) is 12.0 Å². The van der Waals surface area contributed by atoms with Crippen molar-refractivity contribution in [2.75, 3.05) is 0 Å². The zero-order valence-corrected chi connectivity index (χ0v) is 7.61. The number of aromatic amines is 1. The molecule has 4 N–H and O–H groups in total. The van der Waals surface area contributed by atoms with Crippen LogP contribution in [0, 0.1) is 0 Å². The number of aromatic nitrogens is 2. The van der Waals surface area contributed by atoms with Crippen molar-refractivity contribution in [2.45, 2.75) is 6.54 Å². The highest BCUT2D eigenvalue weighted by molar-refractivity contribution is 5.86. The first-order valence-electron chi connectivity index (χ1n) is 2.71. The summed E-state index contributed by atoms with van der Waals surface area (Å²) in [6.07, 6.45) is 1.31. The van der Waals surface area contributed by atoms with Gasteiger partial charge in [-0.3, -0.25) is 0 Å².